The van der Waals surface area contributed by atoms with Gasteiger partial charge in [0.15, 0.2) is 0 Å². The second-order valence-electron chi connectivity index (χ2n) is 8.54. The van der Waals surface area contributed by atoms with Crippen molar-refractivity contribution < 1.29 is 13.9 Å². The van der Waals surface area contributed by atoms with Gasteiger partial charge in [-0.05, 0) is 73.4 Å². The number of benzene rings is 2. The molecule has 7 heteroatoms. The maximum atomic E-state index is 13.6. The van der Waals surface area contributed by atoms with E-state index in [1.165, 1.54) is 12.1 Å². The van der Waals surface area contributed by atoms with E-state index < -0.39 is 0 Å². The predicted octanol–water partition coefficient (Wildman–Crippen LogP) is 4.94. The van der Waals surface area contributed by atoms with Gasteiger partial charge in [0.1, 0.15) is 11.6 Å². The van der Waals surface area contributed by atoms with Gasteiger partial charge < -0.3 is 20.2 Å². The zero-order valence-electron chi connectivity index (χ0n) is 18.1. The number of nitrogens with one attached hydrogen (secondary N) is 1. The van der Waals surface area contributed by atoms with E-state index in [0.29, 0.717) is 22.8 Å². The average molecular weight is 459 g/mol. The Hall–Kier alpha value is -2.41. The Labute approximate surface area is 191 Å². The molecular weight excluding hydrogens is 431 g/mol. The minimum atomic E-state index is -0.257. The van der Waals surface area contributed by atoms with Gasteiger partial charge in [0.05, 0.1) is 11.1 Å². The normalized spacial score (nSPS) is 22.1. The van der Waals surface area contributed by atoms with Crippen LogP contribution >= 0.6 is 11.6 Å². The fourth-order valence-corrected chi connectivity index (χ4v) is 5.07. The molecule has 0 aliphatic heterocycles. The monoisotopic (exact) mass is 458 g/mol. The summed E-state index contributed by atoms with van der Waals surface area (Å²) in [6.07, 6.45) is 5.54. The molecule has 1 heterocycles. The van der Waals surface area contributed by atoms with E-state index >= 15 is 0 Å². The van der Waals surface area contributed by atoms with Crippen LogP contribution in [0.3, 0.4) is 0 Å². The Morgan fingerprint density at radius 3 is 2.62 bits per heavy atom. The second-order valence-corrected chi connectivity index (χ2v) is 8.95. The third kappa shape index (κ3) is 4.53. The number of ether oxygens (including phenoxy) is 2. The van der Waals surface area contributed by atoms with E-state index in [2.05, 4.69) is 4.98 Å². The van der Waals surface area contributed by atoms with E-state index in [1.807, 2.05) is 24.3 Å². The summed E-state index contributed by atoms with van der Waals surface area (Å²) in [5, 5.41) is 1.74. The van der Waals surface area contributed by atoms with Gasteiger partial charge in [-0.2, -0.15) is 0 Å². The van der Waals surface area contributed by atoms with Crippen molar-refractivity contribution in [2.75, 3.05) is 13.7 Å². The number of H-pyrrole nitrogens is 1. The number of nitrogens with two attached hydrogens (primary N) is 1. The molecule has 4 rings (SSSR count). The molecule has 32 heavy (non-hydrogen) atoms. The van der Waals surface area contributed by atoms with Crippen LogP contribution in [-0.2, 0) is 10.2 Å². The molecule has 1 aromatic heterocycles. The van der Waals surface area contributed by atoms with Crippen molar-refractivity contribution in [2.45, 2.75) is 49.7 Å². The molecule has 0 radical (unpaired) electrons. The van der Waals surface area contributed by atoms with Crippen LogP contribution in [0.1, 0.15) is 37.7 Å². The van der Waals surface area contributed by atoms with Gasteiger partial charge in [-0.3, -0.25) is 4.79 Å². The summed E-state index contributed by atoms with van der Waals surface area (Å²) in [6, 6.07) is 11.9. The van der Waals surface area contributed by atoms with Crippen LogP contribution in [0, 0.1) is 5.82 Å². The Bertz CT molecular complexity index is 1120. The molecule has 3 N–H and O–H groups in total. The summed E-state index contributed by atoms with van der Waals surface area (Å²) < 4.78 is 25.1. The highest BCUT2D eigenvalue weighted by molar-refractivity contribution is 6.32. The summed E-state index contributed by atoms with van der Waals surface area (Å²) in [5.74, 6) is 0.323. The minimum absolute atomic E-state index is 0.0184. The van der Waals surface area contributed by atoms with E-state index in [9.17, 15) is 9.18 Å². The highest BCUT2D eigenvalue weighted by Gasteiger charge is 2.42. The van der Waals surface area contributed by atoms with Gasteiger partial charge in [0.2, 0.25) is 0 Å². The van der Waals surface area contributed by atoms with Crippen molar-refractivity contribution in [3.05, 3.63) is 75.4 Å². The zero-order chi connectivity index (χ0) is 22.7. The van der Waals surface area contributed by atoms with E-state index in [1.54, 1.807) is 19.4 Å². The third-order valence-electron chi connectivity index (χ3n) is 6.71. The van der Waals surface area contributed by atoms with Crippen molar-refractivity contribution >= 4 is 22.4 Å². The lowest BCUT2D eigenvalue weighted by molar-refractivity contribution is 0.0942. The lowest BCUT2D eigenvalue weighted by Gasteiger charge is -2.44. The molecule has 0 amide bonds. The molecule has 1 aliphatic rings. The first-order valence-corrected chi connectivity index (χ1v) is 11.3. The first kappa shape index (κ1) is 22.8. The standard InChI is InChI=1S/C25H28ClFN2O3/c1-31-13-9-23(28)25(17-2-4-18(27)5-3-17)10-6-19(7-11-25)32-22-14-16-8-12-29-24(30)20(16)15-21(22)26/h2-5,8,12,14-15,19,23H,6-7,9-11,13,28H2,1H3,(H,29,30). The van der Waals surface area contributed by atoms with Crippen molar-refractivity contribution in [3.63, 3.8) is 0 Å². The van der Waals surface area contributed by atoms with Crippen molar-refractivity contribution in [3.8, 4) is 5.75 Å². The fraction of sp³-hybridized carbons (Fsp3) is 0.400. The summed E-state index contributed by atoms with van der Waals surface area (Å²) in [5.41, 5.74) is 7.29. The van der Waals surface area contributed by atoms with Gasteiger partial charge >= 0.3 is 0 Å². The highest BCUT2D eigenvalue weighted by Crippen LogP contribution is 2.44. The van der Waals surface area contributed by atoms with Gasteiger partial charge in [-0.25, -0.2) is 4.39 Å². The largest absolute Gasteiger partial charge is 0.489 e. The molecule has 0 saturated heterocycles. The Kier molecular flexibility index (Phi) is 6.84. The maximum Gasteiger partial charge on any atom is 0.255 e. The molecule has 1 saturated carbocycles. The van der Waals surface area contributed by atoms with Gasteiger partial charge in [0.25, 0.3) is 5.56 Å². The first-order chi connectivity index (χ1) is 15.4. The quantitative estimate of drug-likeness (QED) is 0.525. The maximum absolute atomic E-state index is 13.6. The lowest BCUT2D eigenvalue weighted by atomic mass is 9.64. The molecule has 1 aliphatic carbocycles. The van der Waals surface area contributed by atoms with Gasteiger partial charge in [-0.1, -0.05) is 23.7 Å². The van der Waals surface area contributed by atoms with E-state index in [0.717, 1.165) is 43.1 Å². The Balaban J connectivity index is 1.54. The molecule has 3 aromatic rings. The number of methoxy groups -OCH3 is 1. The first-order valence-electron chi connectivity index (χ1n) is 10.9. The number of hydrogen-bond donors (Lipinski definition) is 2. The second kappa shape index (κ2) is 9.61. The Morgan fingerprint density at radius 2 is 1.94 bits per heavy atom. The summed E-state index contributed by atoms with van der Waals surface area (Å²) in [4.78, 5) is 14.7. The van der Waals surface area contributed by atoms with E-state index in [4.69, 9.17) is 26.8 Å². The van der Waals surface area contributed by atoms with Crippen molar-refractivity contribution in [2.24, 2.45) is 5.73 Å². The van der Waals surface area contributed by atoms with Crippen LogP contribution in [0.4, 0.5) is 4.39 Å². The number of halogens is 2. The van der Waals surface area contributed by atoms with Crippen LogP contribution < -0.4 is 16.0 Å². The molecule has 0 spiro atoms. The van der Waals surface area contributed by atoms with Crippen LogP contribution in [0.2, 0.25) is 5.02 Å². The number of aromatic nitrogens is 1. The molecule has 0 bridgehead atoms. The molecule has 1 unspecified atom stereocenters. The predicted molar refractivity (Wildman–Crippen MR) is 125 cm³/mol. The molecule has 170 valence electrons. The Morgan fingerprint density at radius 1 is 1.22 bits per heavy atom. The van der Waals surface area contributed by atoms with E-state index in [-0.39, 0.29) is 28.9 Å². The fourth-order valence-electron chi connectivity index (χ4n) is 4.86. The van der Waals surface area contributed by atoms with Gasteiger partial charge in [-0.15, -0.1) is 0 Å². The summed E-state index contributed by atoms with van der Waals surface area (Å²) >= 11 is 6.42. The van der Waals surface area contributed by atoms with Crippen LogP contribution in [-0.4, -0.2) is 30.8 Å². The lowest BCUT2D eigenvalue weighted by Crippen LogP contribution is -2.49. The molecular formula is C25H28ClFN2O3. The smallest absolute Gasteiger partial charge is 0.255 e. The van der Waals surface area contributed by atoms with Crippen LogP contribution in [0.25, 0.3) is 10.8 Å². The average Bonchev–Trinajstić information content (AvgIpc) is 2.80. The summed E-state index contributed by atoms with van der Waals surface area (Å²) in [6.45, 7) is 0.579. The topological polar surface area (TPSA) is 77.3 Å². The minimum Gasteiger partial charge on any atom is -0.489 e. The zero-order valence-corrected chi connectivity index (χ0v) is 18.8. The van der Waals surface area contributed by atoms with Crippen LogP contribution in [0.15, 0.2) is 53.5 Å². The number of fused-ring (bicyclic) bond motifs is 1. The number of rotatable bonds is 7. The number of hydrogen-bond acceptors (Lipinski definition) is 4. The van der Waals surface area contributed by atoms with Crippen molar-refractivity contribution in [1.29, 1.82) is 0 Å². The summed E-state index contributed by atoms with van der Waals surface area (Å²) in [7, 11) is 1.67. The highest BCUT2D eigenvalue weighted by atomic mass is 35.5. The van der Waals surface area contributed by atoms with Gasteiger partial charge in [0, 0.05) is 36.8 Å². The molecule has 2 aromatic carbocycles. The molecule has 5 nitrogen and oxygen atoms in total. The van der Waals surface area contributed by atoms with Crippen molar-refractivity contribution in [1.82, 2.24) is 4.98 Å². The third-order valence-corrected chi connectivity index (χ3v) is 7.00. The number of pyridine rings is 1. The molecule has 1 atom stereocenters. The van der Waals surface area contributed by atoms with Crippen LogP contribution in [0.5, 0.6) is 5.75 Å². The number of aromatic amines is 1. The molecule has 1 fully saturated rings. The SMILES string of the molecule is COCCC(N)C1(c2ccc(F)cc2)CCC(Oc2cc3cc[nH]c(=O)c3cc2Cl)CC1.